The molecule has 0 aliphatic carbocycles. The minimum atomic E-state index is -0.220. The third-order valence-corrected chi connectivity index (χ3v) is 5.31. The number of hydrogen-bond acceptors (Lipinski definition) is 5. The van der Waals surface area contributed by atoms with Crippen LogP contribution >= 0.6 is 0 Å². The van der Waals surface area contributed by atoms with Crippen LogP contribution in [0.2, 0.25) is 0 Å². The first kappa shape index (κ1) is 19.3. The van der Waals surface area contributed by atoms with E-state index in [0.29, 0.717) is 51.2 Å². The van der Waals surface area contributed by atoms with Gasteiger partial charge in [-0.25, -0.2) is 9.36 Å². The van der Waals surface area contributed by atoms with Gasteiger partial charge in [-0.2, -0.15) is 10.2 Å². The van der Waals surface area contributed by atoms with E-state index in [-0.39, 0.29) is 11.5 Å². The van der Waals surface area contributed by atoms with Crippen LogP contribution in [0.5, 0.6) is 0 Å². The molecule has 1 aromatic carbocycles. The Bertz CT molecular complexity index is 1080. The molecule has 3 heterocycles. The minimum Gasteiger partial charge on any atom is -0.378 e. The van der Waals surface area contributed by atoms with E-state index in [2.05, 4.69) is 10.2 Å². The van der Waals surface area contributed by atoms with Crippen LogP contribution in [0.1, 0.15) is 24.2 Å². The highest BCUT2D eigenvalue weighted by Crippen LogP contribution is 2.21. The zero-order valence-corrected chi connectivity index (χ0v) is 16.8. The molecule has 29 heavy (non-hydrogen) atoms. The first-order valence-electron chi connectivity index (χ1n) is 9.94. The molecule has 1 aliphatic heterocycles. The van der Waals surface area contributed by atoms with E-state index in [1.165, 1.54) is 4.68 Å². The van der Waals surface area contributed by atoms with Gasteiger partial charge in [0, 0.05) is 26.1 Å². The Morgan fingerprint density at radius 2 is 1.83 bits per heavy atom. The maximum absolute atomic E-state index is 13.0. The van der Waals surface area contributed by atoms with Crippen LogP contribution < -0.4 is 5.56 Å². The number of rotatable bonds is 5. The number of hydrogen-bond donors (Lipinski definition) is 0. The number of benzene rings is 1. The molecule has 2 aromatic heterocycles. The van der Waals surface area contributed by atoms with Crippen molar-refractivity contribution < 1.29 is 9.53 Å². The van der Waals surface area contributed by atoms with E-state index in [4.69, 9.17) is 4.74 Å². The number of aryl methyl sites for hydroxylation is 3. The summed E-state index contributed by atoms with van der Waals surface area (Å²) in [6, 6.07) is 9.74. The van der Waals surface area contributed by atoms with Crippen LogP contribution in [-0.4, -0.2) is 56.7 Å². The van der Waals surface area contributed by atoms with Crippen LogP contribution in [0, 0.1) is 13.8 Å². The van der Waals surface area contributed by atoms with E-state index in [1.54, 1.807) is 4.68 Å². The van der Waals surface area contributed by atoms with Crippen molar-refractivity contribution in [3.63, 3.8) is 0 Å². The number of ether oxygens (including phenoxy) is 1. The minimum absolute atomic E-state index is 0.100. The summed E-state index contributed by atoms with van der Waals surface area (Å²) >= 11 is 0. The highest BCUT2D eigenvalue weighted by atomic mass is 16.5. The summed E-state index contributed by atoms with van der Waals surface area (Å²) in [6.45, 7) is 6.68. The Morgan fingerprint density at radius 1 is 1.10 bits per heavy atom. The van der Waals surface area contributed by atoms with E-state index >= 15 is 0 Å². The number of fused-ring (bicyclic) bond motifs is 1. The molecule has 1 amide bonds. The molecule has 1 saturated heterocycles. The Kier molecular flexibility index (Phi) is 5.44. The number of amides is 1. The number of carbonyl (C=O) groups excluding carboxylic acids is 1. The van der Waals surface area contributed by atoms with Crippen molar-refractivity contribution in [1.82, 2.24) is 24.5 Å². The molecule has 4 rings (SSSR count). The fourth-order valence-corrected chi connectivity index (χ4v) is 3.81. The van der Waals surface area contributed by atoms with Crippen molar-refractivity contribution >= 4 is 16.8 Å². The summed E-state index contributed by atoms with van der Waals surface area (Å²) in [5.41, 5.74) is 2.75. The predicted molar refractivity (Wildman–Crippen MR) is 109 cm³/mol. The normalized spacial score (nSPS) is 14.5. The number of aromatic nitrogens is 4. The Labute approximate surface area is 168 Å². The van der Waals surface area contributed by atoms with Crippen molar-refractivity contribution in [2.24, 2.45) is 0 Å². The van der Waals surface area contributed by atoms with Crippen molar-refractivity contribution in [3.8, 4) is 5.69 Å². The van der Waals surface area contributed by atoms with Gasteiger partial charge < -0.3 is 9.64 Å². The molecule has 0 radical (unpaired) electrons. The summed E-state index contributed by atoms with van der Waals surface area (Å²) in [7, 11) is 0. The average molecular weight is 395 g/mol. The third kappa shape index (κ3) is 3.80. The lowest BCUT2D eigenvalue weighted by Crippen LogP contribution is -2.40. The summed E-state index contributed by atoms with van der Waals surface area (Å²) < 4.78 is 8.50. The molecule has 0 bridgehead atoms. The van der Waals surface area contributed by atoms with Crippen molar-refractivity contribution in [2.45, 2.75) is 33.2 Å². The van der Waals surface area contributed by atoms with Gasteiger partial charge in [-0.05, 0) is 32.4 Å². The zero-order chi connectivity index (χ0) is 20.4. The summed E-state index contributed by atoms with van der Waals surface area (Å²) in [5, 5.41) is 9.85. The van der Waals surface area contributed by atoms with E-state index in [9.17, 15) is 9.59 Å². The van der Waals surface area contributed by atoms with E-state index in [0.717, 1.165) is 22.5 Å². The smallest absolute Gasteiger partial charge is 0.295 e. The van der Waals surface area contributed by atoms with E-state index in [1.807, 2.05) is 49.1 Å². The fourth-order valence-electron chi connectivity index (χ4n) is 3.81. The first-order chi connectivity index (χ1) is 14.1. The van der Waals surface area contributed by atoms with Crippen molar-refractivity contribution in [1.29, 1.82) is 0 Å². The third-order valence-electron chi connectivity index (χ3n) is 5.31. The maximum Gasteiger partial charge on any atom is 0.295 e. The SMILES string of the molecule is Cc1nn(CCCC(=O)N2CCOCC2)c(=O)c2nn(-c3ccccc3)c(C)c12. The van der Waals surface area contributed by atoms with Crippen molar-refractivity contribution in [3.05, 3.63) is 52.1 Å². The van der Waals surface area contributed by atoms with Gasteiger partial charge in [0.25, 0.3) is 5.56 Å². The van der Waals surface area contributed by atoms with Crippen LogP contribution in [0.3, 0.4) is 0 Å². The van der Waals surface area contributed by atoms with Crippen LogP contribution in [0.25, 0.3) is 16.6 Å². The van der Waals surface area contributed by atoms with Gasteiger partial charge >= 0.3 is 0 Å². The van der Waals surface area contributed by atoms with E-state index < -0.39 is 0 Å². The van der Waals surface area contributed by atoms with Gasteiger partial charge in [-0.1, -0.05) is 18.2 Å². The number of carbonyl (C=O) groups is 1. The second-order valence-electron chi connectivity index (χ2n) is 7.27. The summed E-state index contributed by atoms with van der Waals surface area (Å²) in [6.07, 6.45) is 0.953. The second kappa shape index (κ2) is 8.16. The largest absolute Gasteiger partial charge is 0.378 e. The first-order valence-corrected chi connectivity index (χ1v) is 9.94. The molecule has 8 nitrogen and oxygen atoms in total. The highest BCUT2D eigenvalue weighted by Gasteiger charge is 2.19. The summed E-state index contributed by atoms with van der Waals surface area (Å²) in [5.74, 6) is 0.100. The molecule has 0 atom stereocenters. The molecule has 152 valence electrons. The molecule has 1 fully saturated rings. The van der Waals surface area contributed by atoms with Gasteiger partial charge in [0.05, 0.1) is 35.7 Å². The molecule has 8 heteroatoms. The molecular formula is C21H25N5O3. The lowest BCUT2D eigenvalue weighted by Gasteiger charge is -2.26. The van der Waals surface area contributed by atoms with Gasteiger partial charge in [-0.15, -0.1) is 0 Å². The van der Waals surface area contributed by atoms with Crippen LogP contribution in [0.15, 0.2) is 35.1 Å². The standard InChI is InChI=1S/C21H25N5O3/c1-15-19-16(2)26(17-7-4-3-5-8-17)23-20(19)21(28)25(22-15)10-6-9-18(27)24-11-13-29-14-12-24/h3-5,7-8H,6,9-14H2,1-2H3. The maximum atomic E-state index is 13.0. The Morgan fingerprint density at radius 3 is 2.55 bits per heavy atom. The quantitative estimate of drug-likeness (QED) is 0.658. The number of morpholine rings is 1. The highest BCUT2D eigenvalue weighted by molar-refractivity contribution is 5.83. The fraction of sp³-hybridized carbons (Fsp3) is 0.429. The molecular weight excluding hydrogens is 370 g/mol. The van der Waals surface area contributed by atoms with Crippen LogP contribution in [0.4, 0.5) is 0 Å². The molecule has 0 N–H and O–H groups in total. The number of para-hydroxylation sites is 1. The Hall–Kier alpha value is -3.00. The molecule has 0 unspecified atom stereocenters. The van der Waals surface area contributed by atoms with Gasteiger partial charge in [0.2, 0.25) is 5.91 Å². The van der Waals surface area contributed by atoms with Crippen molar-refractivity contribution in [2.75, 3.05) is 26.3 Å². The second-order valence-corrected chi connectivity index (χ2v) is 7.27. The van der Waals surface area contributed by atoms with Gasteiger partial charge in [0.15, 0.2) is 5.52 Å². The zero-order valence-electron chi connectivity index (χ0n) is 16.8. The number of nitrogens with zero attached hydrogens (tertiary/aromatic N) is 5. The lowest BCUT2D eigenvalue weighted by molar-refractivity contribution is -0.135. The monoisotopic (exact) mass is 395 g/mol. The average Bonchev–Trinajstić information content (AvgIpc) is 3.11. The lowest BCUT2D eigenvalue weighted by atomic mass is 10.2. The summed E-state index contributed by atoms with van der Waals surface area (Å²) in [4.78, 5) is 27.1. The molecule has 0 spiro atoms. The topological polar surface area (TPSA) is 82.2 Å². The molecule has 3 aromatic rings. The molecule has 0 saturated carbocycles. The van der Waals surface area contributed by atoms with Gasteiger partial charge in [-0.3, -0.25) is 9.59 Å². The molecule has 1 aliphatic rings. The van der Waals surface area contributed by atoms with Crippen LogP contribution in [-0.2, 0) is 16.1 Å². The predicted octanol–water partition coefficient (Wildman–Crippen LogP) is 1.84. The van der Waals surface area contributed by atoms with Gasteiger partial charge in [0.1, 0.15) is 0 Å². The Balaban J connectivity index is 1.55.